The van der Waals surface area contributed by atoms with E-state index in [-0.39, 0.29) is 17.4 Å². The summed E-state index contributed by atoms with van der Waals surface area (Å²) < 4.78 is 11.5. The number of carbonyl (C=O) groups excluding carboxylic acids is 2. The van der Waals surface area contributed by atoms with E-state index in [9.17, 15) is 9.59 Å². The fraction of sp³-hybridized carbons (Fsp3) is 0.533. The Morgan fingerprint density at radius 1 is 1.10 bits per heavy atom. The number of anilines is 4. The van der Waals surface area contributed by atoms with Crippen molar-refractivity contribution in [2.75, 3.05) is 41.7 Å². The molecular formula is C30H38N6O4. The molecule has 0 aliphatic carbocycles. The maximum atomic E-state index is 12.8. The van der Waals surface area contributed by atoms with Crippen LogP contribution in [0.15, 0.2) is 34.9 Å². The van der Waals surface area contributed by atoms with Gasteiger partial charge in [0.1, 0.15) is 11.1 Å². The largest absolute Gasteiger partial charge is 0.459 e. The summed E-state index contributed by atoms with van der Waals surface area (Å²) in [5, 5.41) is 6.31. The van der Waals surface area contributed by atoms with E-state index in [4.69, 9.17) is 14.1 Å². The molecule has 2 fully saturated rings. The van der Waals surface area contributed by atoms with Gasteiger partial charge in [0.2, 0.25) is 11.9 Å². The highest BCUT2D eigenvalue weighted by atomic mass is 16.6. The first-order valence-corrected chi connectivity index (χ1v) is 14.1. The molecule has 212 valence electrons. The summed E-state index contributed by atoms with van der Waals surface area (Å²) in [6, 6.07) is 7.70. The highest BCUT2D eigenvalue weighted by molar-refractivity contribution is 6.06. The summed E-state index contributed by atoms with van der Waals surface area (Å²) in [4.78, 5) is 38.9. The minimum absolute atomic E-state index is 0.00643. The number of fused-ring (bicyclic) bond motifs is 2. The zero-order chi connectivity index (χ0) is 28.3. The van der Waals surface area contributed by atoms with Gasteiger partial charge < -0.3 is 29.6 Å². The number of nitrogens with zero attached hydrogens (tertiary/aromatic N) is 4. The zero-order valence-corrected chi connectivity index (χ0v) is 24.0. The number of ether oxygens (including phenoxy) is 1. The second-order valence-electron chi connectivity index (χ2n) is 13.0. The fourth-order valence-corrected chi connectivity index (χ4v) is 6.21. The van der Waals surface area contributed by atoms with Gasteiger partial charge in [-0.25, -0.2) is 9.78 Å². The van der Waals surface area contributed by atoms with Crippen LogP contribution in [0.1, 0.15) is 65.9 Å². The van der Waals surface area contributed by atoms with Crippen LogP contribution in [0.2, 0.25) is 0 Å². The maximum Gasteiger partial charge on any atom is 0.410 e. The molecule has 1 aromatic carbocycles. The molecule has 3 aliphatic heterocycles. The van der Waals surface area contributed by atoms with Gasteiger partial charge in [-0.15, -0.1) is 0 Å². The monoisotopic (exact) mass is 546 g/mol. The normalized spacial score (nSPS) is 20.0. The molecule has 2 amide bonds. The van der Waals surface area contributed by atoms with Crippen LogP contribution < -0.4 is 15.5 Å². The summed E-state index contributed by atoms with van der Waals surface area (Å²) >= 11 is 0. The third-order valence-corrected chi connectivity index (χ3v) is 8.49. The Balaban J connectivity index is 1.19. The van der Waals surface area contributed by atoms with Crippen molar-refractivity contribution in [2.45, 2.75) is 71.3 Å². The predicted octanol–water partition coefficient (Wildman–Crippen LogP) is 5.81. The molecule has 6 rings (SSSR count). The molecule has 0 saturated carbocycles. The number of rotatable bonds is 3. The van der Waals surface area contributed by atoms with Gasteiger partial charge in [0.15, 0.2) is 11.4 Å². The van der Waals surface area contributed by atoms with E-state index in [1.807, 2.05) is 63.8 Å². The van der Waals surface area contributed by atoms with Crippen molar-refractivity contribution < 1.29 is 18.7 Å². The number of likely N-dealkylation sites (tertiary alicyclic amines) is 1. The summed E-state index contributed by atoms with van der Waals surface area (Å²) in [6.45, 7) is 12.7. The van der Waals surface area contributed by atoms with Gasteiger partial charge in [-0.1, -0.05) is 6.07 Å². The van der Waals surface area contributed by atoms with Gasteiger partial charge in [-0.3, -0.25) is 4.79 Å². The van der Waals surface area contributed by atoms with Crippen molar-refractivity contribution >= 4 is 46.2 Å². The number of nitrogens with one attached hydrogen (secondary N) is 2. The Bertz CT molecular complexity index is 1460. The average Bonchev–Trinajstić information content (AvgIpc) is 3.45. The summed E-state index contributed by atoms with van der Waals surface area (Å²) in [5.41, 5.74) is 3.02. The van der Waals surface area contributed by atoms with E-state index >= 15 is 0 Å². The molecular weight excluding hydrogens is 508 g/mol. The molecule has 2 N–H and O–H groups in total. The molecule has 5 heterocycles. The third kappa shape index (κ3) is 4.84. The van der Waals surface area contributed by atoms with Crippen LogP contribution in [0.25, 0.3) is 11.1 Å². The minimum atomic E-state index is -0.554. The van der Waals surface area contributed by atoms with Crippen LogP contribution in [0.4, 0.5) is 27.9 Å². The molecule has 0 atom stereocenters. The molecule has 40 heavy (non-hydrogen) atoms. The molecule has 10 nitrogen and oxygen atoms in total. The molecule has 3 aromatic rings. The molecule has 2 saturated heterocycles. The number of hydrogen-bond donors (Lipinski definition) is 2. The average molecular weight is 547 g/mol. The van der Waals surface area contributed by atoms with E-state index in [0.29, 0.717) is 11.5 Å². The van der Waals surface area contributed by atoms with Crippen molar-refractivity contribution in [2.24, 2.45) is 5.41 Å². The summed E-state index contributed by atoms with van der Waals surface area (Å²) in [5.74, 6) is 1.23. The number of carbonyl (C=O) groups is 2. The van der Waals surface area contributed by atoms with Gasteiger partial charge in [-0.05, 0) is 83.4 Å². The van der Waals surface area contributed by atoms with Crippen LogP contribution in [-0.2, 0) is 14.9 Å². The van der Waals surface area contributed by atoms with Crippen molar-refractivity contribution in [3.05, 3.63) is 36.1 Å². The van der Waals surface area contributed by atoms with E-state index in [1.54, 1.807) is 6.26 Å². The number of benzene rings is 1. The van der Waals surface area contributed by atoms with Crippen LogP contribution in [-0.4, -0.2) is 58.6 Å². The summed E-state index contributed by atoms with van der Waals surface area (Å²) in [6.07, 6.45) is 5.45. The van der Waals surface area contributed by atoms with E-state index in [0.717, 1.165) is 80.1 Å². The van der Waals surface area contributed by atoms with Crippen LogP contribution >= 0.6 is 0 Å². The van der Waals surface area contributed by atoms with Gasteiger partial charge >= 0.3 is 6.09 Å². The number of piperidine rings is 2. The fourth-order valence-electron chi connectivity index (χ4n) is 6.21. The minimum Gasteiger partial charge on any atom is -0.459 e. The molecule has 10 heteroatoms. The van der Waals surface area contributed by atoms with E-state index < -0.39 is 11.0 Å². The predicted molar refractivity (Wildman–Crippen MR) is 154 cm³/mol. The molecule has 0 radical (unpaired) electrons. The second-order valence-corrected chi connectivity index (χ2v) is 13.0. The van der Waals surface area contributed by atoms with Crippen molar-refractivity contribution in [3.63, 3.8) is 0 Å². The standard InChI is InChI=1S/C30H38N6O4/c1-28(2,3)40-27(38)36-13-6-10-30(18-36)11-14-35(15-12-30)24-23-21(9-16-39-23)33-26(34-24)31-19-7-8-20-22(17-19)32-25(37)29(20,4)5/h7-9,16-17H,6,10-15,18H2,1-5H3,(H,32,37)(H,31,33,34). The lowest BCUT2D eigenvalue weighted by Crippen LogP contribution is -2.52. The summed E-state index contributed by atoms with van der Waals surface area (Å²) in [7, 11) is 0. The lowest BCUT2D eigenvalue weighted by molar-refractivity contribution is -0.119. The molecule has 0 unspecified atom stereocenters. The Morgan fingerprint density at radius 3 is 2.62 bits per heavy atom. The Labute approximate surface area is 234 Å². The number of aromatic nitrogens is 2. The van der Waals surface area contributed by atoms with E-state index in [2.05, 4.69) is 20.5 Å². The van der Waals surface area contributed by atoms with Crippen molar-refractivity contribution in [3.8, 4) is 0 Å². The smallest absolute Gasteiger partial charge is 0.410 e. The third-order valence-electron chi connectivity index (χ3n) is 8.49. The van der Waals surface area contributed by atoms with Crippen molar-refractivity contribution in [1.29, 1.82) is 0 Å². The van der Waals surface area contributed by atoms with Gasteiger partial charge in [0.05, 0.1) is 11.7 Å². The first kappa shape index (κ1) is 26.4. The molecule has 3 aliphatic rings. The van der Waals surface area contributed by atoms with Crippen molar-refractivity contribution in [1.82, 2.24) is 14.9 Å². The highest BCUT2D eigenvalue weighted by Gasteiger charge is 2.41. The van der Waals surface area contributed by atoms with Crippen LogP contribution in [0.3, 0.4) is 0 Å². The number of hydrogen-bond acceptors (Lipinski definition) is 8. The van der Waals surface area contributed by atoms with Gasteiger partial charge in [-0.2, -0.15) is 4.98 Å². The Kier molecular flexibility index (Phi) is 6.19. The molecule has 0 bridgehead atoms. The number of amides is 2. The molecule has 1 spiro atoms. The quantitative estimate of drug-likeness (QED) is 0.423. The Morgan fingerprint density at radius 2 is 1.88 bits per heavy atom. The number of furan rings is 1. The molecule has 2 aromatic heterocycles. The first-order chi connectivity index (χ1) is 18.9. The SMILES string of the molecule is CC(C)(C)OC(=O)N1CCCC2(CCN(c3nc(Nc4ccc5c(c4)NC(=O)C5(C)C)nc4ccoc34)CC2)C1. The lowest BCUT2D eigenvalue weighted by atomic mass is 9.72. The Hall–Kier alpha value is -3.82. The second kappa shape index (κ2) is 9.38. The van der Waals surface area contributed by atoms with Crippen LogP contribution in [0.5, 0.6) is 0 Å². The first-order valence-electron chi connectivity index (χ1n) is 14.1. The van der Waals surface area contributed by atoms with E-state index in [1.165, 1.54) is 0 Å². The van der Waals surface area contributed by atoms with Gasteiger partial charge in [0, 0.05) is 43.6 Å². The lowest BCUT2D eigenvalue weighted by Gasteiger charge is -2.47. The maximum absolute atomic E-state index is 12.8. The topological polar surface area (TPSA) is 113 Å². The van der Waals surface area contributed by atoms with Crippen LogP contribution in [0, 0.1) is 5.41 Å². The van der Waals surface area contributed by atoms with Gasteiger partial charge in [0.25, 0.3) is 0 Å². The highest BCUT2D eigenvalue weighted by Crippen LogP contribution is 2.42. The zero-order valence-electron chi connectivity index (χ0n) is 24.0.